The summed E-state index contributed by atoms with van der Waals surface area (Å²) in [5, 5.41) is 2.71. The summed E-state index contributed by atoms with van der Waals surface area (Å²) in [5.74, 6) is 0.141. The molecule has 2 aromatic rings. The van der Waals surface area contributed by atoms with E-state index in [1.54, 1.807) is 0 Å². The van der Waals surface area contributed by atoms with Crippen LogP contribution in [0.25, 0.3) is 0 Å². The number of hydrogen-bond acceptors (Lipinski definition) is 4. The lowest BCUT2D eigenvalue weighted by Crippen LogP contribution is -2.23. The van der Waals surface area contributed by atoms with Gasteiger partial charge in [-0.05, 0) is 66.1 Å². The predicted octanol–water partition coefficient (Wildman–Crippen LogP) is 3.86. The highest BCUT2D eigenvalue weighted by Crippen LogP contribution is 2.26. The summed E-state index contributed by atoms with van der Waals surface area (Å²) in [6.07, 6.45) is 3.32. The van der Waals surface area contributed by atoms with Gasteiger partial charge in [0, 0.05) is 5.69 Å². The van der Waals surface area contributed by atoms with Crippen molar-refractivity contribution in [1.29, 1.82) is 0 Å². The Labute approximate surface area is 159 Å². The van der Waals surface area contributed by atoms with Gasteiger partial charge in [0.25, 0.3) is 5.91 Å². The molecule has 0 spiro atoms. The van der Waals surface area contributed by atoms with Crippen LogP contribution in [0.1, 0.15) is 42.9 Å². The van der Waals surface area contributed by atoms with Gasteiger partial charge in [-0.15, -0.1) is 0 Å². The molecule has 0 radical (unpaired) electrons. The molecule has 1 amide bonds. The number of carbonyl (C=O) groups is 2. The minimum atomic E-state index is -0.569. The van der Waals surface area contributed by atoms with E-state index in [0.29, 0.717) is 17.4 Å². The minimum Gasteiger partial charge on any atom is -0.482 e. The maximum atomic E-state index is 11.9. The third kappa shape index (κ3) is 5.33. The number of ether oxygens (including phenoxy) is 2. The first-order valence-corrected chi connectivity index (χ1v) is 9.31. The molecule has 5 heteroatoms. The number of hydrogen-bond donors (Lipinski definition) is 1. The number of aryl methyl sites for hydroxylation is 2. The maximum absolute atomic E-state index is 11.9. The number of carbonyl (C=O) groups excluding carboxylic acids is 2. The number of esters is 1. The second-order valence-electron chi connectivity index (χ2n) is 7.06. The molecule has 5 nitrogen and oxygen atoms in total. The molecule has 0 heterocycles. The summed E-state index contributed by atoms with van der Waals surface area (Å²) in [6.45, 7) is 3.67. The van der Waals surface area contributed by atoms with Crippen molar-refractivity contribution in [3.05, 3.63) is 59.2 Å². The van der Waals surface area contributed by atoms with Crippen LogP contribution >= 0.6 is 0 Å². The molecule has 1 aliphatic carbocycles. The molecule has 1 aliphatic rings. The van der Waals surface area contributed by atoms with Gasteiger partial charge < -0.3 is 14.8 Å². The number of fused-ring (bicyclic) bond motifs is 1. The Bertz CT molecular complexity index is 812. The fourth-order valence-electron chi connectivity index (χ4n) is 3.12. The van der Waals surface area contributed by atoms with E-state index in [4.69, 9.17) is 9.47 Å². The minimum absolute atomic E-state index is 0.213. The third-order valence-corrected chi connectivity index (χ3v) is 4.65. The lowest BCUT2D eigenvalue weighted by atomic mass is 10.0. The Balaban J connectivity index is 1.40. The van der Waals surface area contributed by atoms with E-state index in [1.165, 1.54) is 16.7 Å². The van der Waals surface area contributed by atoms with E-state index in [0.717, 1.165) is 19.3 Å². The van der Waals surface area contributed by atoms with Crippen molar-refractivity contribution in [3.8, 4) is 5.75 Å². The lowest BCUT2D eigenvalue weighted by Gasteiger charge is -2.10. The summed E-state index contributed by atoms with van der Waals surface area (Å²) in [4.78, 5) is 23.7. The number of amides is 1. The van der Waals surface area contributed by atoms with Crippen LogP contribution in [0.2, 0.25) is 0 Å². The molecule has 0 bridgehead atoms. The molecule has 0 aliphatic heterocycles. The molecule has 0 fully saturated rings. The number of nitrogens with one attached hydrogen (secondary N) is 1. The lowest BCUT2D eigenvalue weighted by molar-refractivity contribution is -0.149. The highest BCUT2D eigenvalue weighted by Gasteiger charge is 2.13. The molecule has 2 aromatic carbocycles. The van der Waals surface area contributed by atoms with Crippen LogP contribution in [-0.4, -0.2) is 25.1 Å². The van der Waals surface area contributed by atoms with Gasteiger partial charge in [-0.2, -0.15) is 0 Å². The Morgan fingerprint density at radius 3 is 2.48 bits per heavy atom. The monoisotopic (exact) mass is 367 g/mol. The molecule has 0 atom stereocenters. The van der Waals surface area contributed by atoms with Crippen molar-refractivity contribution in [3.63, 3.8) is 0 Å². The maximum Gasteiger partial charge on any atom is 0.344 e. The van der Waals surface area contributed by atoms with Crippen molar-refractivity contribution >= 4 is 17.6 Å². The Hall–Kier alpha value is -2.82. The number of benzene rings is 2. The first-order valence-electron chi connectivity index (χ1n) is 9.31. The molecule has 142 valence electrons. The normalized spacial score (nSPS) is 12.6. The second kappa shape index (κ2) is 8.71. The summed E-state index contributed by atoms with van der Waals surface area (Å²) in [7, 11) is 0. The molecule has 0 saturated carbocycles. The van der Waals surface area contributed by atoms with Crippen molar-refractivity contribution < 1.29 is 19.1 Å². The van der Waals surface area contributed by atoms with E-state index in [9.17, 15) is 9.59 Å². The van der Waals surface area contributed by atoms with E-state index in [2.05, 4.69) is 19.2 Å². The van der Waals surface area contributed by atoms with Crippen LogP contribution in [-0.2, 0) is 27.2 Å². The molecule has 0 saturated heterocycles. The van der Waals surface area contributed by atoms with Crippen LogP contribution in [0.5, 0.6) is 5.75 Å². The van der Waals surface area contributed by atoms with Crippen molar-refractivity contribution in [2.45, 2.75) is 39.0 Å². The number of anilines is 1. The zero-order valence-corrected chi connectivity index (χ0v) is 15.8. The number of rotatable bonds is 7. The first kappa shape index (κ1) is 19.0. The van der Waals surface area contributed by atoms with Crippen molar-refractivity contribution in [1.82, 2.24) is 0 Å². The van der Waals surface area contributed by atoms with Crippen molar-refractivity contribution in [2.24, 2.45) is 0 Å². The largest absolute Gasteiger partial charge is 0.482 e. The summed E-state index contributed by atoms with van der Waals surface area (Å²) < 4.78 is 10.4. The van der Waals surface area contributed by atoms with Gasteiger partial charge >= 0.3 is 5.97 Å². The zero-order valence-electron chi connectivity index (χ0n) is 15.8. The fourth-order valence-corrected chi connectivity index (χ4v) is 3.12. The van der Waals surface area contributed by atoms with Gasteiger partial charge in [-0.1, -0.05) is 32.0 Å². The molecular formula is C22H25NO4. The topological polar surface area (TPSA) is 64.6 Å². The van der Waals surface area contributed by atoms with E-state index in [-0.39, 0.29) is 19.1 Å². The molecule has 0 unspecified atom stereocenters. The van der Waals surface area contributed by atoms with Gasteiger partial charge in [-0.3, -0.25) is 4.79 Å². The highest BCUT2D eigenvalue weighted by molar-refractivity contribution is 5.92. The summed E-state index contributed by atoms with van der Waals surface area (Å²) in [6, 6.07) is 13.5. The van der Waals surface area contributed by atoms with Crippen LogP contribution in [0.4, 0.5) is 5.69 Å². The van der Waals surface area contributed by atoms with Crippen molar-refractivity contribution in [2.75, 3.05) is 18.5 Å². The Morgan fingerprint density at radius 2 is 1.74 bits per heavy atom. The first-order chi connectivity index (χ1) is 13.0. The molecule has 27 heavy (non-hydrogen) atoms. The molecule has 1 N–H and O–H groups in total. The predicted molar refractivity (Wildman–Crippen MR) is 104 cm³/mol. The summed E-state index contributed by atoms with van der Waals surface area (Å²) >= 11 is 0. The molecule has 3 rings (SSSR count). The average molecular weight is 367 g/mol. The van der Waals surface area contributed by atoms with Crippen LogP contribution in [0, 0.1) is 0 Å². The highest BCUT2D eigenvalue weighted by atomic mass is 16.6. The standard InChI is InChI=1S/C22H25NO4/c1-15(2)16-6-9-19(10-7-16)23-21(24)13-27-22(25)14-26-20-11-8-17-4-3-5-18(17)12-20/h6-12,15H,3-5,13-14H2,1-2H3,(H,23,24). The average Bonchev–Trinajstić information content (AvgIpc) is 3.13. The Morgan fingerprint density at radius 1 is 1.00 bits per heavy atom. The Kier molecular flexibility index (Phi) is 6.12. The zero-order chi connectivity index (χ0) is 19.2. The van der Waals surface area contributed by atoms with Gasteiger partial charge in [0.1, 0.15) is 5.75 Å². The SMILES string of the molecule is CC(C)c1ccc(NC(=O)COC(=O)COc2ccc3c(c2)CCC3)cc1. The van der Waals surface area contributed by atoms with E-state index >= 15 is 0 Å². The van der Waals surface area contributed by atoms with Gasteiger partial charge in [0.05, 0.1) is 0 Å². The van der Waals surface area contributed by atoms with E-state index < -0.39 is 5.97 Å². The fraction of sp³-hybridized carbons (Fsp3) is 0.364. The molecular weight excluding hydrogens is 342 g/mol. The quantitative estimate of drug-likeness (QED) is 0.755. The van der Waals surface area contributed by atoms with Gasteiger partial charge in [-0.25, -0.2) is 4.79 Å². The van der Waals surface area contributed by atoms with Gasteiger partial charge in [0.15, 0.2) is 13.2 Å². The van der Waals surface area contributed by atoms with Gasteiger partial charge in [0.2, 0.25) is 0 Å². The third-order valence-electron chi connectivity index (χ3n) is 4.65. The second-order valence-corrected chi connectivity index (χ2v) is 7.06. The van der Waals surface area contributed by atoms with Crippen LogP contribution in [0.15, 0.2) is 42.5 Å². The molecule has 0 aromatic heterocycles. The van der Waals surface area contributed by atoms with Crippen LogP contribution < -0.4 is 10.1 Å². The van der Waals surface area contributed by atoms with Crippen LogP contribution in [0.3, 0.4) is 0 Å². The smallest absolute Gasteiger partial charge is 0.344 e. The summed E-state index contributed by atoms with van der Waals surface area (Å²) in [5.41, 5.74) is 4.50. The van der Waals surface area contributed by atoms with E-state index in [1.807, 2.05) is 42.5 Å².